The van der Waals surface area contributed by atoms with Crippen molar-refractivity contribution in [3.63, 3.8) is 0 Å². The number of Topliss-reactive ketones (excluding diaryl/α,β-unsaturated/α-hetero) is 1. The molecule has 0 spiro atoms. The van der Waals surface area contributed by atoms with Gasteiger partial charge in [-0.2, -0.15) is 0 Å². The smallest absolute Gasteiger partial charge is 0.274 e. The van der Waals surface area contributed by atoms with Crippen LogP contribution in [0.1, 0.15) is 70.6 Å². The third-order valence-corrected chi connectivity index (χ3v) is 7.71. The summed E-state index contributed by atoms with van der Waals surface area (Å²) in [4.78, 5) is 53.5. The number of hydrogen-bond acceptors (Lipinski definition) is 7. The number of carbonyl (C=O) groups excluding carboxylic acids is 3. The van der Waals surface area contributed by atoms with Crippen LogP contribution in [0.15, 0.2) is 34.9 Å². The summed E-state index contributed by atoms with van der Waals surface area (Å²) in [6.07, 6.45) is 6.98. The number of imidazole rings is 1. The van der Waals surface area contributed by atoms with Crippen molar-refractivity contribution in [2.75, 3.05) is 20.1 Å². The quantitative estimate of drug-likeness (QED) is 0.141. The molecule has 0 saturated carbocycles. The van der Waals surface area contributed by atoms with Crippen molar-refractivity contribution in [2.24, 2.45) is 22.4 Å². The molecule has 2 atom stereocenters. The van der Waals surface area contributed by atoms with Gasteiger partial charge in [0.1, 0.15) is 22.0 Å². The maximum absolute atomic E-state index is 13.3. The van der Waals surface area contributed by atoms with E-state index in [4.69, 9.17) is 23.1 Å². The lowest BCUT2D eigenvalue weighted by Crippen LogP contribution is -2.31. The summed E-state index contributed by atoms with van der Waals surface area (Å²) in [5.41, 5.74) is 12.0. The van der Waals surface area contributed by atoms with E-state index in [1.165, 1.54) is 11.3 Å². The number of fused-ring (bicyclic) bond motifs is 1. The molecule has 38 heavy (non-hydrogen) atoms. The van der Waals surface area contributed by atoms with Gasteiger partial charge in [-0.15, -0.1) is 11.3 Å². The molecule has 13 heteroatoms. The lowest BCUT2D eigenvalue weighted by Gasteiger charge is -2.22. The number of carbonyl (C=O) groups is 3. The fourth-order valence-corrected chi connectivity index (χ4v) is 5.76. The number of pyridine rings is 1. The van der Waals surface area contributed by atoms with E-state index >= 15 is 0 Å². The second-order valence-corrected chi connectivity index (χ2v) is 10.5. The predicted octanol–water partition coefficient (Wildman–Crippen LogP) is 2.80. The number of ketones is 1. The van der Waals surface area contributed by atoms with E-state index in [1.807, 2.05) is 0 Å². The van der Waals surface area contributed by atoms with Crippen molar-refractivity contribution >= 4 is 52.1 Å². The summed E-state index contributed by atoms with van der Waals surface area (Å²) in [5, 5.41) is 5.62. The monoisotopic (exact) mass is 558 g/mol. The highest BCUT2D eigenvalue weighted by atomic mass is 35.5. The summed E-state index contributed by atoms with van der Waals surface area (Å²) in [7, 11) is 1.56. The number of thiazole rings is 1. The minimum Gasteiger partial charge on any atom is -0.370 e. The minimum absolute atomic E-state index is 0.0353. The highest BCUT2D eigenvalue weighted by Gasteiger charge is 2.34. The van der Waals surface area contributed by atoms with E-state index < -0.39 is 5.92 Å². The van der Waals surface area contributed by atoms with Crippen LogP contribution in [0.4, 0.5) is 0 Å². The van der Waals surface area contributed by atoms with Gasteiger partial charge in [0.15, 0.2) is 11.7 Å². The number of aromatic nitrogens is 3. The first kappa shape index (κ1) is 27.5. The minimum atomic E-state index is -0.468. The number of likely N-dealkylation sites (tertiary alicyclic amines) is 1. The number of amides is 2. The Morgan fingerprint density at radius 1 is 1.21 bits per heavy atom. The van der Waals surface area contributed by atoms with Crippen LogP contribution in [0.2, 0.25) is 5.02 Å². The molecule has 0 bridgehead atoms. The standard InChI is InChI=1S/C25H31ClN8O3S/c1-29-22(36)15(5-2-3-9-30-25(27)28)11-20(35)18-14-38-23(32-18)19-6-4-10-34(19)24(37)17-13-33-12-16(26)7-8-21(33)31-17/h7-8,12-15,19H,2-6,9-11H2,1H3,(H,29,36)(H4,27,28,30)/t15-,19+/m0/s1. The van der Waals surface area contributed by atoms with E-state index in [1.54, 1.807) is 46.3 Å². The molecule has 2 amide bonds. The lowest BCUT2D eigenvalue weighted by molar-refractivity contribution is -0.124. The van der Waals surface area contributed by atoms with Crippen LogP contribution in [0.3, 0.4) is 0 Å². The fourth-order valence-electron chi connectivity index (χ4n) is 4.62. The van der Waals surface area contributed by atoms with Gasteiger partial charge >= 0.3 is 0 Å². The number of nitrogens with one attached hydrogen (secondary N) is 1. The van der Waals surface area contributed by atoms with Crippen LogP contribution >= 0.6 is 22.9 Å². The Hall–Kier alpha value is -3.51. The number of nitrogens with two attached hydrogens (primary N) is 2. The molecule has 1 aliphatic heterocycles. The summed E-state index contributed by atoms with van der Waals surface area (Å²) in [6, 6.07) is 3.26. The molecular weight excluding hydrogens is 528 g/mol. The summed E-state index contributed by atoms with van der Waals surface area (Å²) >= 11 is 7.42. The average molecular weight is 559 g/mol. The zero-order chi connectivity index (χ0) is 27.2. The van der Waals surface area contributed by atoms with Crippen LogP contribution in [0, 0.1) is 5.92 Å². The number of unbranched alkanes of at least 4 members (excludes halogenated alkanes) is 1. The number of hydrogen-bond donors (Lipinski definition) is 3. The maximum atomic E-state index is 13.3. The number of nitrogens with zero attached hydrogens (tertiary/aromatic N) is 5. The van der Waals surface area contributed by atoms with E-state index in [9.17, 15) is 14.4 Å². The molecular formula is C25H31ClN8O3S. The number of guanidine groups is 1. The molecule has 0 unspecified atom stereocenters. The molecule has 1 aliphatic rings. The molecule has 0 radical (unpaired) electrons. The molecule has 3 aromatic heterocycles. The second kappa shape index (κ2) is 12.4. The first-order valence-electron chi connectivity index (χ1n) is 12.5. The first-order valence-corrected chi connectivity index (χ1v) is 13.7. The zero-order valence-electron chi connectivity index (χ0n) is 21.1. The highest BCUT2D eigenvalue weighted by Crippen LogP contribution is 2.35. The van der Waals surface area contributed by atoms with Crippen molar-refractivity contribution in [3.8, 4) is 0 Å². The third kappa shape index (κ3) is 6.48. The van der Waals surface area contributed by atoms with E-state index in [-0.39, 0.29) is 36.0 Å². The van der Waals surface area contributed by atoms with Gasteiger partial charge in [-0.1, -0.05) is 18.0 Å². The summed E-state index contributed by atoms with van der Waals surface area (Å²) in [5.74, 6) is -0.996. The number of aliphatic imine (C=N–C) groups is 1. The van der Waals surface area contributed by atoms with Gasteiger partial charge in [0.2, 0.25) is 5.91 Å². The molecule has 202 valence electrons. The van der Waals surface area contributed by atoms with Gasteiger partial charge in [0.25, 0.3) is 5.91 Å². The number of halogens is 1. The average Bonchev–Trinajstić information content (AvgIpc) is 3.65. The Balaban J connectivity index is 1.41. The van der Waals surface area contributed by atoms with Gasteiger partial charge < -0.3 is 26.1 Å². The second-order valence-electron chi connectivity index (χ2n) is 9.21. The third-order valence-electron chi connectivity index (χ3n) is 6.54. The molecule has 1 saturated heterocycles. The van der Waals surface area contributed by atoms with Crippen LogP contribution in [-0.2, 0) is 4.79 Å². The van der Waals surface area contributed by atoms with E-state index in [0.29, 0.717) is 59.4 Å². The Kier molecular flexibility index (Phi) is 8.95. The fraction of sp³-hybridized carbons (Fsp3) is 0.440. The van der Waals surface area contributed by atoms with Gasteiger partial charge in [-0.3, -0.25) is 19.4 Å². The summed E-state index contributed by atoms with van der Waals surface area (Å²) in [6.45, 7) is 1.06. The van der Waals surface area contributed by atoms with Crippen molar-refractivity contribution in [1.82, 2.24) is 24.6 Å². The zero-order valence-corrected chi connectivity index (χ0v) is 22.7. The molecule has 0 aliphatic carbocycles. The molecule has 3 aromatic rings. The van der Waals surface area contributed by atoms with E-state index in [0.717, 1.165) is 12.8 Å². The normalized spacial score (nSPS) is 15.9. The van der Waals surface area contributed by atoms with Crippen molar-refractivity contribution in [1.29, 1.82) is 0 Å². The number of rotatable bonds is 11. The Morgan fingerprint density at radius 3 is 2.79 bits per heavy atom. The Bertz CT molecular complexity index is 1350. The first-order chi connectivity index (χ1) is 18.3. The van der Waals surface area contributed by atoms with E-state index in [2.05, 4.69) is 20.3 Å². The molecule has 0 aromatic carbocycles. The topological polar surface area (TPSA) is 161 Å². The molecule has 5 N–H and O–H groups in total. The molecule has 4 heterocycles. The maximum Gasteiger partial charge on any atom is 0.274 e. The van der Waals surface area contributed by atoms with Crippen LogP contribution in [0.5, 0.6) is 0 Å². The largest absolute Gasteiger partial charge is 0.370 e. The van der Waals surface area contributed by atoms with Crippen LogP contribution < -0.4 is 16.8 Å². The van der Waals surface area contributed by atoms with Gasteiger partial charge in [0.05, 0.1) is 11.1 Å². The van der Waals surface area contributed by atoms with Crippen molar-refractivity contribution in [3.05, 3.63) is 51.3 Å². The van der Waals surface area contributed by atoms with Crippen LogP contribution in [0.25, 0.3) is 5.65 Å². The predicted molar refractivity (Wildman–Crippen MR) is 146 cm³/mol. The highest BCUT2D eigenvalue weighted by molar-refractivity contribution is 7.09. The van der Waals surface area contributed by atoms with Crippen LogP contribution in [-0.4, -0.2) is 63.0 Å². The van der Waals surface area contributed by atoms with Gasteiger partial charge in [0, 0.05) is 50.2 Å². The summed E-state index contributed by atoms with van der Waals surface area (Å²) < 4.78 is 1.73. The Labute approximate surface area is 229 Å². The Morgan fingerprint density at radius 2 is 2.03 bits per heavy atom. The van der Waals surface area contributed by atoms with Crippen molar-refractivity contribution < 1.29 is 14.4 Å². The van der Waals surface area contributed by atoms with Gasteiger partial charge in [-0.25, -0.2) is 9.97 Å². The van der Waals surface area contributed by atoms with Gasteiger partial charge in [-0.05, 0) is 37.8 Å². The molecule has 11 nitrogen and oxygen atoms in total. The van der Waals surface area contributed by atoms with Crippen molar-refractivity contribution in [2.45, 2.75) is 44.6 Å². The lowest BCUT2D eigenvalue weighted by atomic mass is 9.94. The molecule has 4 rings (SSSR count). The molecule has 1 fully saturated rings. The SMILES string of the molecule is CNC(=O)[C@@H](CCCCN=C(N)N)CC(=O)c1csc([C@H]2CCCN2C(=O)c2cn3cc(Cl)ccc3n2)n1.